The second-order valence-electron chi connectivity index (χ2n) is 3.58. The molecule has 98 valence electrons. The van der Waals surface area contributed by atoms with E-state index in [9.17, 15) is 13.2 Å². The van der Waals surface area contributed by atoms with E-state index in [0.29, 0.717) is 11.3 Å². The van der Waals surface area contributed by atoms with Gasteiger partial charge in [0.1, 0.15) is 0 Å². The molecule has 1 rings (SSSR count). The van der Waals surface area contributed by atoms with Crippen molar-refractivity contribution in [2.75, 3.05) is 6.26 Å². The molecule has 0 aliphatic carbocycles. The van der Waals surface area contributed by atoms with E-state index in [1.165, 1.54) is 23.9 Å². The first-order valence-electron chi connectivity index (χ1n) is 5.31. The van der Waals surface area contributed by atoms with E-state index in [2.05, 4.69) is 4.99 Å². The van der Waals surface area contributed by atoms with Gasteiger partial charge in [0.2, 0.25) is 0 Å². The lowest BCUT2D eigenvalue weighted by molar-refractivity contribution is -0.137. The predicted molar refractivity (Wildman–Crippen MR) is 71.7 cm³/mol. The van der Waals surface area contributed by atoms with Gasteiger partial charge in [-0.25, -0.2) is 4.99 Å². The van der Waals surface area contributed by atoms with Gasteiger partial charge in [-0.05, 0) is 37.8 Å². The highest BCUT2D eigenvalue weighted by atomic mass is 32.2. The zero-order chi connectivity index (χ0) is 13.8. The van der Waals surface area contributed by atoms with Gasteiger partial charge in [-0.3, -0.25) is 0 Å². The molecule has 0 saturated carbocycles. The van der Waals surface area contributed by atoms with Crippen LogP contribution in [-0.4, -0.2) is 11.3 Å². The standard InChI is InChI=1S/C13H14F3NS/c1-4-12(17-9(2)18-3)10-5-7-11(8-6-10)13(14,15)16/h4-8H,1-3H3/b12-4+,17-9-. The van der Waals surface area contributed by atoms with E-state index in [0.717, 1.165) is 17.2 Å². The molecule has 0 aliphatic heterocycles. The highest BCUT2D eigenvalue weighted by Crippen LogP contribution is 2.30. The normalized spacial score (nSPS) is 13.9. The maximum Gasteiger partial charge on any atom is 0.416 e. The molecule has 0 spiro atoms. The molecule has 5 heteroatoms. The van der Waals surface area contributed by atoms with Crippen molar-refractivity contribution in [3.8, 4) is 0 Å². The Labute approximate surface area is 109 Å². The summed E-state index contributed by atoms with van der Waals surface area (Å²) in [6.45, 7) is 3.67. The van der Waals surface area contributed by atoms with Gasteiger partial charge in [0.05, 0.1) is 16.3 Å². The van der Waals surface area contributed by atoms with Crippen LogP contribution in [0.4, 0.5) is 13.2 Å². The average Bonchev–Trinajstić information content (AvgIpc) is 2.34. The summed E-state index contributed by atoms with van der Waals surface area (Å²) in [5.41, 5.74) is 0.710. The monoisotopic (exact) mass is 273 g/mol. The smallest absolute Gasteiger partial charge is 0.247 e. The number of hydrogen-bond donors (Lipinski definition) is 0. The molecule has 0 radical (unpaired) electrons. The number of aliphatic imine (C=N–C) groups is 1. The summed E-state index contributed by atoms with van der Waals surface area (Å²) in [6, 6.07) is 5.02. The minimum absolute atomic E-state index is 0.646. The summed E-state index contributed by atoms with van der Waals surface area (Å²) in [4.78, 5) is 4.34. The predicted octanol–water partition coefficient (Wildman–Crippen LogP) is 4.85. The van der Waals surface area contributed by atoms with Crippen LogP contribution < -0.4 is 0 Å². The quantitative estimate of drug-likeness (QED) is 0.554. The fourth-order valence-electron chi connectivity index (χ4n) is 1.34. The van der Waals surface area contributed by atoms with E-state index >= 15 is 0 Å². The molecule has 0 fully saturated rings. The van der Waals surface area contributed by atoms with Crippen LogP contribution in [0.3, 0.4) is 0 Å². The molecule has 0 amide bonds. The van der Waals surface area contributed by atoms with E-state index < -0.39 is 11.7 Å². The van der Waals surface area contributed by atoms with Crippen molar-refractivity contribution >= 4 is 22.5 Å². The van der Waals surface area contributed by atoms with Gasteiger partial charge in [-0.15, -0.1) is 11.8 Å². The zero-order valence-corrected chi connectivity index (χ0v) is 11.2. The number of thioether (sulfide) groups is 1. The summed E-state index contributed by atoms with van der Waals surface area (Å²) in [5.74, 6) is 0. The molecule has 0 N–H and O–H groups in total. The molecule has 0 aromatic heterocycles. The largest absolute Gasteiger partial charge is 0.416 e. The highest BCUT2D eigenvalue weighted by Gasteiger charge is 2.29. The molecule has 1 aromatic rings. The number of hydrogen-bond acceptors (Lipinski definition) is 2. The van der Waals surface area contributed by atoms with Crippen LogP contribution in [0.5, 0.6) is 0 Å². The molecule has 0 atom stereocenters. The number of allylic oxidation sites excluding steroid dienone is 1. The summed E-state index contributed by atoms with van der Waals surface area (Å²) in [5, 5.41) is 0.864. The summed E-state index contributed by atoms with van der Waals surface area (Å²) in [6.07, 6.45) is -0.617. The van der Waals surface area contributed by atoms with Crippen molar-refractivity contribution in [1.82, 2.24) is 0 Å². The van der Waals surface area contributed by atoms with Gasteiger partial charge < -0.3 is 0 Å². The molecular formula is C13H14F3NS. The second-order valence-corrected chi connectivity index (χ2v) is 4.58. The Hall–Kier alpha value is -1.23. The maximum absolute atomic E-state index is 12.4. The lowest BCUT2D eigenvalue weighted by Crippen LogP contribution is -2.04. The van der Waals surface area contributed by atoms with E-state index in [4.69, 9.17) is 0 Å². The zero-order valence-electron chi connectivity index (χ0n) is 10.4. The molecule has 1 aromatic carbocycles. The van der Waals surface area contributed by atoms with Gasteiger partial charge in [-0.2, -0.15) is 13.2 Å². The Balaban J connectivity index is 3.04. The van der Waals surface area contributed by atoms with Crippen molar-refractivity contribution in [2.24, 2.45) is 4.99 Å². The van der Waals surface area contributed by atoms with E-state index in [1.807, 2.05) is 20.1 Å². The molecule has 18 heavy (non-hydrogen) atoms. The first kappa shape index (κ1) is 14.8. The number of rotatable bonds is 2. The van der Waals surface area contributed by atoms with Crippen molar-refractivity contribution in [1.29, 1.82) is 0 Å². The SMILES string of the molecule is C/C=C(/N=C(/C)SC)c1ccc(C(F)(F)F)cc1. The molecule has 0 heterocycles. The molecule has 1 nitrogen and oxygen atoms in total. The molecule has 0 saturated heterocycles. The first-order valence-corrected chi connectivity index (χ1v) is 6.54. The van der Waals surface area contributed by atoms with Crippen molar-refractivity contribution in [3.05, 3.63) is 41.5 Å². The summed E-state index contributed by atoms with van der Waals surface area (Å²) in [7, 11) is 0. The lowest BCUT2D eigenvalue weighted by atomic mass is 10.1. The summed E-state index contributed by atoms with van der Waals surface area (Å²) < 4.78 is 37.3. The third-order valence-electron chi connectivity index (χ3n) is 2.35. The van der Waals surface area contributed by atoms with Crippen LogP contribution in [0.1, 0.15) is 25.0 Å². The number of alkyl halides is 3. The average molecular weight is 273 g/mol. The Morgan fingerprint density at radius 2 is 1.78 bits per heavy atom. The first-order chi connectivity index (χ1) is 8.38. The lowest BCUT2D eigenvalue weighted by Gasteiger charge is -2.08. The van der Waals surface area contributed by atoms with Crippen LogP contribution in [0.25, 0.3) is 5.70 Å². The number of nitrogens with zero attached hydrogens (tertiary/aromatic N) is 1. The van der Waals surface area contributed by atoms with Crippen molar-refractivity contribution in [2.45, 2.75) is 20.0 Å². The minimum Gasteiger partial charge on any atom is -0.247 e. The topological polar surface area (TPSA) is 12.4 Å². The molecule has 0 bridgehead atoms. The van der Waals surface area contributed by atoms with Crippen molar-refractivity contribution < 1.29 is 13.2 Å². The summed E-state index contributed by atoms with van der Waals surface area (Å²) >= 11 is 1.50. The van der Waals surface area contributed by atoms with E-state index in [-0.39, 0.29) is 0 Å². The third-order valence-corrected chi connectivity index (χ3v) is 3.04. The number of benzene rings is 1. The van der Waals surface area contributed by atoms with Crippen LogP contribution in [0.2, 0.25) is 0 Å². The van der Waals surface area contributed by atoms with E-state index in [1.54, 1.807) is 6.08 Å². The van der Waals surface area contributed by atoms with Crippen LogP contribution in [0.15, 0.2) is 35.3 Å². The van der Waals surface area contributed by atoms with Crippen molar-refractivity contribution in [3.63, 3.8) is 0 Å². The van der Waals surface area contributed by atoms with Gasteiger partial charge >= 0.3 is 6.18 Å². The Morgan fingerprint density at radius 3 is 2.17 bits per heavy atom. The van der Waals surface area contributed by atoms with Gasteiger partial charge in [0.25, 0.3) is 0 Å². The van der Waals surface area contributed by atoms with Crippen LogP contribution in [0, 0.1) is 0 Å². The minimum atomic E-state index is -4.30. The van der Waals surface area contributed by atoms with Gasteiger partial charge in [-0.1, -0.05) is 18.2 Å². The molecule has 0 unspecified atom stereocenters. The number of halogens is 3. The van der Waals surface area contributed by atoms with Crippen LogP contribution in [-0.2, 0) is 6.18 Å². The van der Waals surface area contributed by atoms with Gasteiger partial charge in [0, 0.05) is 0 Å². The fourth-order valence-corrected chi connectivity index (χ4v) is 1.53. The Bertz CT molecular complexity index is 458. The Kier molecular flexibility index (Phi) is 5.02. The van der Waals surface area contributed by atoms with Crippen LogP contribution >= 0.6 is 11.8 Å². The Morgan fingerprint density at radius 1 is 1.22 bits per heavy atom. The second kappa shape index (κ2) is 6.09. The fraction of sp³-hybridized carbons (Fsp3) is 0.308. The molecular weight excluding hydrogens is 259 g/mol. The third kappa shape index (κ3) is 3.91. The van der Waals surface area contributed by atoms with Gasteiger partial charge in [0.15, 0.2) is 0 Å². The maximum atomic E-state index is 12.4. The molecule has 0 aliphatic rings. The highest BCUT2D eigenvalue weighted by molar-refractivity contribution is 8.13.